The van der Waals surface area contributed by atoms with Crippen LogP contribution in [0.4, 0.5) is 0 Å². The summed E-state index contributed by atoms with van der Waals surface area (Å²) < 4.78 is 6.41. The van der Waals surface area contributed by atoms with E-state index in [9.17, 15) is 0 Å². The van der Waals surface area contributed by atoms with Gasteiger partial charge in [-0.15, -0.1) is 0 Å². The zero-order valence-electron chi connectivity index (χ0n) is 10.0. The highest BCUT2D eigenvalue weighted by atomic mass is 79.9. The maximum absolute atomic E-state index is 9.02. The van der Waals surface area contributed by atoms with E-state index in [1.165, 1.54) is 0 Å². The number of aromatic nitrogens is 1. The van der Waals surface area contributed by atoms with Crippen LogP contribution in [-0.2, 0) is 13.2 Å². The van der Waals surface area contributed by atoms with Gasteiger partial charge >= 0.3 is 0 Å². The average Bonchev–Trinajstić information content (AvgIpc) is 2.46. The van der Waals surface area contributed by atoms with Gasteiger partial charge in [0.25, 0.3) is 0 Å². The Morgan fingerprint density at radius 3 is 2.89 bits per heavy atom. The van der Waals surface area contributed by atoms with Gasteiger partial charge in [-0.25, -0.2) is 4.98 Å². The van der Waals surface area contributed by atoms with Crippen molar-refractivity contribution in [2.24, 2.45) is 0 Å². The van der Waals surface area contributed by atoms with Crippen molar-refractivity contribution in [2.75, 3.05) is 0 Å². The highest BCUT2D eigenvalue weighted by Crippen LogP contribution is 2.27. The van der Waals surface area contributed by atoms with Gasteiger partial charge < -0.3 is 9.84 Å². The molecule has 1 aromatic heterocycles. The normalized spacial score (nSPS) is 9.95. The van der Waals surface area contributed by atoms with Crippen LogP contribution >= 0.6 is 15.9 Å². The van der Waals surface area contributed by atoms with E-state index in [4.69, 9.17) is 15.1 Å². The lowest BCUT2D eigenvalue weighted by Crippen LogP contribution is -2.00. The van der Waals surface area contributed by atoms with Gasteiger partial charge in [0, 0.05) is 11.8 Å². The minimum absolute atomic E-state index is 0.0138. The van der Waals surface area contributed by atoms with Crippen LogP contribution in [0.15, 0.2) is 41.0 Å². The SMILES string of the molecule is N#Cc1ncccc1COc1ccc(CO)cc1Br. The molecule has 0 atom stereocenters. The first-order valence-corrected chi connectivity index (χ1v) is 6.40. The highest BCUT2D eigenvalue weighted by Gasteiger charge is 2.06. The van der Waals surface area contributed by atoms with Crippen LogP contribution < -0.4 is 4.74 Å². The molecule has 0 spiro atoms. The lowest BCUT2D eigenvalue weighted by Gasteiger charge is -2.09. The van der Waals surface area contributed by atoms with Gasteiger partial charge in [0.2, 0.25) is 0 Å². The van der Waals surface area contributed by atoms with Crippen LogP contribution in [0.3, 0.4) is 0 Å². The number of ether oxygens (including phenoxy) is 1. The number of hydrogen-bond acceptors (Lipinski definition) is 4. The molecule has 19 heavy (non-hydrogen) atoms. The van der Waals surface area contributed by atoms with Crippen molar-refractivity contribution in [2.45, 2.75) is 13.2 Å². The lowest BCUT2D eigenvalue weighted by molar-refractivity contribution is 0.280. The predicted octanol–water partition coefficient (Wildman–Crippen LogP) is 2.79. The van der Waals surface area contributed by atoms with Crippen LogP contribution in [0.2, 0.25) is 0 Å². The number of rotatable bonds is 4. The molecule has 2 rings (SSSR count). The maximum Gasteiger partial charge on any atom is 0.147 e. The summed E-state index contributed by atoms with van der Waals surface area (Å²) in [6.07, 6.45) is 1.58. The third-order valence-corrected chi connectivity index (χ3v) is 3.18. The van der Waals surface area contributed by atoms with E-state index in [1.807, 2.05) is 12.1 Å². The van der Waals surface area contributed by atoms with Crippen molar-refractivity contribution < 1.29 is 9.84 Å². The van der Waals surface area contributed by atoms with Crippen LogP contribution in [0.5, 0.6) is 5.75 Å². The smallest absolute Gasteiger partial charge is 0.147 e. The molecule has 0 saturated carbocycles. The van der Waals surface area contributed by atoms with Gasteiger partial charge in [0.05, 0.1) is 11.1 Å². The fourth-order valence-corrected chi connectivity index (χ4v) is 2.11. The van der Waals surface area contributed by atoms with Crippen LogP contribution in [0.1, 0.15) is 16.8 Å². The van der Waals surface area contributed by atoms with Crippen molar-refractivity contribution in [3.05, 3.63) is 57.8 Å². The third kappa shape index (κ3) is 3.31. The molecule has 0 aliphatic heterocycles. The Bertz CT molecular complexity index is 623. The van der Waals surface area contributed by atoms with Gasteiger partial charge in [-0.1, -0.05) is 12.1 Å². The summed E-state index contributed by atoms with van der Waals surface area (Å²) in [6.45, 7) is 0.258. The Balaban J connectivity index is 2.13. The number of aliphatic hydroxyl groups is 1. The quantitative estimate of drug-likeness (QED) is 0.941. The molecule has 1 heterocycles. The Morgan fingerprint density at radius 2 is 2.21 bits per heavy atom. The Morgan fingerprint density at radius 1 is 1.37 bits per heavy atom. The summed E-state index contributed by atoms with van der Waals surface area (Å²) in [7, 11) is 0. The van der Waals surface area contributed by atoms with E-state index >= 15 is 0 Å². The molecule has 0 saturated heterocycles. The largest absolute Gasteiger partial charge is 0.488 e. The fraction of sp³-hybridized carbons (Fsp3) is 0.143. The van der Waals surface area contributed by atoms with E-state index in [-0.39, 0.29) is 13.2 Å². The standard InChI is InChI=1S/C14H11BrN2O2/c15-12-6-10(8-18)3-4-14(12)19-9-11-2-1-5-17-13(11)7-16/h1-6,18H,8-9H2. The first kappa shape index (κ1) is 13.5. The van der Waals surface area contributed by atoms with Crippen molar-refractivity contribution >= 4 is 15.9 Å². The van der Waals surface area contributed by atoms with Crippen LogP contribution in [-0.4, -0.2) is 10.1 Å². The monoisotopic (exact) mass is 318 g/mol. The fourth-order valence-electron chi connectivity index (χ4n) is 1.57. The van der Waals surface area contributed by atoms with Crippen molar-refractivity contribution in [1.29, 1.82) is 5.26 Å². The first-order chi connectivity index (χ1) is 9.24. The average molecular weight is 319 g/mol. The summed E-state index contributed by atoms with van der Waals surface area (Å²) in [5.74, 6) is 0.657. The zero-order chi connectivity index (χ0) is 13.7. The van der Waals surface area contributed by atoms with Crippen LogP contribution in [0, 0.1) is 11.3 Å². The number of pyridine rings is 1. The van der Waals surface area contributed by atoms with E-state index in [0.29, 0.717) is 11.4 Å². The lowest BCUT2D eigenvalue weighted by atomic mass is 10.2. The molecule has 0 fully saturated rings. The summed E-state index contributed by atoms with van der Waals surface area (Å²) in [4.78, 5) is 3.97. The van der Waals surface area contributed by atoms with Crippen molar-refractivity contribution in [1.82, 2.24) is 4.98 Å². The molecule has 5 heteroatoms. The topological polar surface area (TPSA) is 66.1 Å². The van der Waals surface area contributed by atoms with E-state index < -0.39 is 0 Å². The molecular weight excluding hydrogens is 308 g/mol. The minimum atomic E-state index is -0.0138. The van der Waals surface area contributed by atoms with E-state index in [1.54, 1.807) is 30.5 Å². The minimum Gasteiger partial charge on any atom is -0.488 e. The second kappa shape index (κ2) is 6.32. The maximum atomic E-state index is 9.02. The number of benzene rings is 1. The number of nitriles is 1. The predicted molar refractivity (Wildman–Crippen MR) is 73.3 cm³/mol. The molecule has 0 aliphatic rings. The molecule has 0 bridgehead atoms. The molecule has 0 aliphatic carbocycles. The van der Waals surface area contributed by atoms with Gasteiger partial charge in [-0.2, -0.15) is 5.26 Å². The third-order valence-electron chi connectivity index (χ3n) is 2.56. The number of hydrogen-bond donors (Lipinski definition) is 1. The molecule has 96 valence electrons. The van der Waals surface area contributed by atoms with E-state index in [0.717, 1.165) is 15.6 Å². The molecule has 1 aromatic carbocycles. The number of halogens is 1. The second-order valence-electron chi connectivity index (χ2n) is 3.83. The van der Waals surface area contributed by atoms with Gasteiger partial charge in [0.15, 0.2) is 0 Å². The number of nitrogens with zero attached hydrogens (tertiary/aromatic N) is 2. The Labute approximate surface area is 119 Å². The van der Waals surface area contributed by atoms with Gasteiger partial charge in [0.1, 0.15) is 24.1 Å². The summed E-state index contributed by atoms with van der Waals surface area (Å²) in [6, 6.07) is 11.0. The van der Waals surface area contributed by atoms with Crippen LogP contribution in [0.25, 0.3) is 0 Å². The zero-order valence-corrected chi connectivity index (χ0v) is 11.6. The second-order valence-corrected chi connectivity index (χ2v) is 4.69. The summed E-state index contributed by atoms with van der Waals surface area (Å²) in [5, 5.41) is 18.0. The molecule has 4 nitrogen and oxygen atoms in total. The molecule has 1 N–H and O–H groups in total. The summed E-state index contributed by atoms with van der Waals surface area (Å²) >= 11 is 3.38. The van der Waals surface area contributed by atoms with Gasteiger partial charge in [-0.3, -0.25) is 0 Å². The molecule has 2 aromatic rings. The molecular formula is C14H11BrN2O2. The Hall–Kier alpha value is -1.90. The Kier molecular flexibility index (Phi) is 4.50. The van der Waals surface area contributed by atoms with Gasteiger partial charge in [-0.05, 0) is 39.7 Å². The number of aliphatic hydroxyl groups excluding tert-OH is 1. The molecule has 0 amide bonds. The molecule has 0 radical (unpaired) electrons. The molecule has 0 unspecified atom stereocenters. The van der Waals surface area contributed by atoms with Crippen molar-refractivity contribution in [3.63, 3.8) is 0 Å². The first-order valence-electron chi connectivity index (χ1n) is 5.60. The highest BCUT2D eigenvalue weighted by molar-refractivity contribution is 9.10. The van der Waals surface area contributed by atoms with E-state index in [2.05, 4.69) is 20.9 Å². The summed E-state index contributed by atoms with van der Waals surface area (Å²) in [5.41, 5.74) is 1.91. The van der Waals surface area contributed by atoms with Crippen molar-refractivity contribution in [3.8, 4) is 11.8 Å².